The Morgan fingerprint density at radius 2 is 2.12 bits per heavy atom. The monoisotopic (exact) mass is 243 g/mol. The van der Waals surface area contributed by atoms with E-state index < -0.39 is 9.84 Å². The first-order chi connectivity index (χ1) is 7.60. The van der Waals surface area contributed by atoms with Crippen LogP contribution in [0.3, 0.4) is 0 Å². The van der Waals surface area contributed by atoms with Gasteiger partial charge in [-0.05, 0) is 24.7 Å². The highest BCUT2D eigenvalue weighted by molar-refractivity contribution is 7.91. The molecule has 0 fully saturated rings. The molecule has 0 unspecified atom stereocenters. The van der Waals surface area contributed by atoms with E-state index >= 15 is 0 Å². The van der Waals surface area contributed by atoms with Gasteiger partial charge in [0.1, 0.15) is 5.75 Å². The normalized spacial score (nSPS) is 11.4. The molecule has 0 aliphatic rings. The fraction of sp³-hybridized carbons (Fsp3) is 0.455. The summed E-state index contributed by atoms with van der Waals surface area (Å²) in [7, 11) is -1.69. The number of rotatable bonds is 6. The van der Waals surface area contributed by atoms with Crippen LogP contribution in [0.5, 0.6) is 5.75 Å². The van der Waals surface area contributed by atoms with E-state index in [0.29, 0.717) is 17.2 Å². The summed E-state index contributed by atoms with van der Waals surface area (Å²) >= 11 is 0. The lowest BCUT2D eigenvalue weighted by atomic mass is 10.3. The average Bonchev–Trinajstić information content (AvgIpc) is 2.29. The number of benzene rings is 1. The molecular formula is C11H17NO3S. The molecular weight excluding hydrogens is 226 g/mol. The zero-order chi connectivity index (χ0) is 12.0. The van der Waals surface area contributed by atoms with Crippen LogP contribution in [0.25, 0.3) is 0 Å². The summed E-state index contributed by atoms with van der Waals surface area (Å²) in [6.45, 7) is 3.18. The van der Waals surface area contributed by atoms with Gasteiger partial charge in [-0.15, -0.1) is 0 Å². The van der Waals surface area contributed by atoms with Gasteiger partial charge in [-0.2, -0.15) is 0 Å². The molecule has 0 spiro atoms. The Morgan fingerprint density at radius 3 is 2.75 bits per heavy atom. The standard InChI is InChI=1S/C11H17NO3S/c1-3-12-7-8-16(13,14)11-6-4-5-10(9-11)15-2/h4-6,9,12H,3,7-8H2,1-2H3. The fourth-order valence-corrected chi connectivity index (χ4v) is 2.53. The van der Waals surface area contributed by atoms with Gasteiger partial charge in [0.15, 0.2) is 9.84 Å². The Hall–Kier alpha value is -1.07. The van der Waals surface area contributed by atoms with Crippen molar-refractivity contribution >= 4 is 9.84 Å². The third kappa shape index (κ3) is 3.50. The minimum absolute atomic E-state index is 0.105. The van der Waals surface area contributed by atoms with Crippen LogP contribution < -0.4 is 10.1 Å². The third-order valence-corrected chi connectivity index (χ3v) is 3.91. The second-order valence-electron chi connectivity index (χ2n) is 3.35. The molecule has 16 heavy (non-hydrogen) atoms. The van der Waals surface area contributed by atoms with Crippen molar-refractivity contribution in [3.8, 4) is 5.75 Å². The van der Waals surface area contributed by atoms with Gasteiger partial charge < -0.3 is 10.1 Å². The Bertz CT molecular complexity index is 429. The minimum Gasteiger partial charge on any atom is -0.497 e. The van der Waals surface area contributed by atoms with Crippen LogP contribution in [-0.2, 0) is 9.84 Å². The second-order valence-corrected chi connectivity index (χ2v) is 5.46. The molecule has 90 valence electrons. The Balaban J connectivity index is 2.81. The molecule has 0 atom stereocenters. The van der Waals surface area contributed by atoms with Crippen molar-refractivity contribution in [1.29, 1.82) is 0 Å². The average molecular weight is 243 g/mol. The van der Waals surface area contributed by atoms with Crippen molar-refractivity contribution in [1.82, 2.24) is 5.32 Å². The van der Waals surface area contributed by atoms with Crippen molar-refractivity contribution in [3.05, 3.63) is 24.3 Å². The molecule has 0 bridgehead atoms. The van der Waals surface area contributed by atoms with E-state index in [1.54, 1.807) is 24.3 Å². The van der Waals surface area contributed by atoms with Crippen LogP contribution in [-0.4, -0.2) is 34.4 Å². The van der Waals surface area contributed by atoms with Gasteiger partial charge in [0, 0.05) is 6.54 Å². The molecule has 0 aliphatic heterocycles. The molecule has 5 heteroatoms. The Morgan fingerprint density at radius 1 is 1.38 bits per heavy atom. The Kier molecular flexibility index (Phi) is 4.76. The number of hydrogen-bond acceptors (Lipinski definition) is 4. The van der Waals surface area contributed by atoms with Crippen LogP contribution in [0.1, 0.15) is 6.92 Å². The van der Waals surface area contributed by atoms with E-state index in [-0.39, 0.29) is 5.75 Å². The largest absolute Gasteiger partial charge is 0.497 e. The summed E-state index contributed by atoms with van der Waals surface area (Å²) in [4.78, 5) is 0.310. The number of ether oxygens (including phenoxy) is 1. The van der Waals surface area contributed by atoms with Crippen LogP contribution in [0.4, 0.5) is 0 Å². The molecule has 0 saturated carbocycles. The van der Waals surface area contributed by atoms with Crippen LogP contribution >= 0.6 is 0 Å². The topological polar surface area (TPSA) is 55.4 Å². The van der Waals surface area contributed by atoms with Crippen molar-refractivity contribution in [2.45, 2.75) is 11.8 Å². The first kappa shape index (κ1) is 13.0. The van der Waals surface area contributed by atoms with E-state index in [2.05, 4.69) is 5.32 Å². The summed E-state index contributed by atoms with van der Waals surface area (Å²) in [5.41, 5.74) is 0. The zero-order valence-corrected chi connectivity index (χ0v) is 10.4. The smallest absolute Gasteiger partial charge is 0.179 e. The first-order valence-corrected chi connectivity index (χ1v) is 6.83. The van der Waals surface area contributed by atoms with Gasteiger partial charge in [-0.1, -0.05) is 13.0 Å². The van der Waals surface area contributed by atoms with E-state index in [9.17, 15) is 8.42 Å². The third-order valence-electron chi connectivity index (χ3n) is 2.20. The summed E-state index contributed by atoms with van der Waals surface area (Å²) in [6, 6.07) is 6.54. The molecule has 1 rings (SSSR count). The molecule has 1 aromatic rings. The van der Waals surface area contributed by atoms with Crippen molar-refractivity contribution in [3.63, 3.8) is 0 Å². The lowest BCUT2D eigenvalue weighted by Gasteiger charge is -2.06. The first-order valence-electron chi connectivity index (χ1n) is 5.17. The molecule has 0 saturated heterocycles. The number of sulfone groups is 1. The summed E-state index contributed by atoms with van der Waals surface area (Å²) in [5, 5.41) is 2.99. The molecule has 0 aromatic heterocycles. The number of methoxy groups -OCH3 is 1. The molecule has 0 aliphatic carbocycles. The maximum atomic E-state index is 11.9. The van der Waals surface area contributed by atoms with Crippen molar-refractivity contribution < 1.29 is 13.2 Å². The van der Waals surface area contributed by atoms with E-state index in [0.717, 1.165) is 6.54 Å². The van der Waals surface area contributed by atoms with Gasteiger partial charge in [0.2, 0.25) is 0 Å². The molecule has 0 amide bonds. The highest BCUT2D eigenvalue weighted by Crippen LogP contribution is 2.17. The molecule has 0 heterocycles. The highest BCUT2D eigenvalue weighted by atomic mass is 32.2. The molecule has 0 radical (unpaired) electrons. The Labute approximate surface area is 96.5 Å². The van der Waals surface area contributed by atoms with Gasteiger partial charge >= 0.3 is 0 Å². The summed E-state index contributed by atoms with van der Waals surface area (Å²) < 4.78 is 28.8. The molecule has 4 nitrogen and oxygen atoms in total. The quantitative estimate of drug-likeness (QED) is 0.760. The molecule has 1 N–H and O–H groups in total. The van der Waals surface area contributed by atoms with Crippen LogP contribution in [0.15, 0.2) is 29.2 Å². The van der Waals surface area contributed by atoms with E-state index in [4.69, 9.17) is 4.74 Å². The highest BCUT2D eigenvalue weighted by Gasteiger charge is 2.14. The van der Waals surface area contributed by atoms with Gasteiger partial charge in [-0.3, -0.25) is 0 Å². The van der Waals surface area contributed by atoms with Crippen molar-refractivity contribution in [2.24, 2.45) is 0 Å². The van der Waals surface area contributed by atoms with Gasteiger partial charge in [0.05, 0.1) is 17.8 Å². The van der Waals surface area contributed by atoms with Crippen LogP contribution in [0, 0.1) is 0 Å². The predicted octanol–water partition coefficient (Wildman–Crippen LogP) is 1.08. The lowest BCUT2D eigenvalue weighted by molar-refractivity contribution is 0.413. The summed E-state index contributed by atoms with van der Waals surface area (Å²) in [5.74, 6) is 0.665. The maximum Gasteiger partial charge on any atom is 0.179 e. The predicted molar refractivity (Wildman–Crippen MR) is 63.6 cm³/mol. The van der Waals surface area contributed by atoms with E-state index in [1.165, 1.54) is 7.11 Å². The van der Waals surface area contributed by atoms with Gasteiger partial charge in [-0.25, -0.2) is 8.42 Å². The zero-order valence-electron chi connectivity index (χ0n) is 9.56. The SMILES string of the molecule is CCNCCS(=O)(=O)c1cccc(OC)c1. The van der Waals surface area contributed by atoms with Gasteiger partial charge in [0.25, 0.3) is 0 Å². The minimum atomic E-state index is -3.21. The summed E-state index contributed by atoms with van der Waals surface area (Å²) in [6.07, 6.45) is 0. The van der Waals surface area contributed by atoms with E-state index in [1.807, 2.05) is 6.92 Å². The van der Waals surface area contributed by atoms with Crippen molar-refractivity contribution in [2.75, 3.05) is 26.0 Å². The maximum absolute atomic E-state index is 11.9. The number of nitrogens with one attached hydrogen (secondary N) is 1. The second kappa shape index (κ2) is 5.86. The fourth-order valence-electron chi connectivity index (χ4n) is 1.30. The lowest BCUT2D eigenvalue weighted by Crippen LogP contribution is -2.22. The number of hydrogen-bond donors (Lipinski definition) is 1. The van der Waals surface area contributed by atoms with Crippen LogP contribution in [0.2, 0.25) is 0 Å². The molecule has 1 aromatic carbocycles.